The van der Waals surface area contributed by atoms with Gasteiger partial charge in [0, 0.05) is 12.5 Å². The summed E-state index contributed by atoms with van der Waals surface area (Å²) in [5.74, 6) is -2.12. The molecule has 3 heterocycles. The van der Waals surface area contributed by atoms with Gasteiger partial charge in [0.25, 0.3) is 0 Å². The first-order valence-corrected chi connectivity index (χ1v) is 21.1. The summed E-state index contributed by atoms with van der Waals surface area (Å²) in [6.07, 6.45) is -2.45. The first-order chi connectivity index (χ1) is 23.2. The molecule has 3 aliphatic heterocycles. The lowest BCUT2D eigenvalue weighted by Gasteiger charge is -2.52. The number of unbranched alkanes of at least 4 members (excludes halogenated alkanes) is 2. The SMILES string of the molecule is C=CCC(CCCCC)O[C@@H]1O[C@H](C)[C@H](OC(C)=O)[C@H](O[Si](C)(C)C(C)(C)C)[C@H]1O[C@@H]1O[C@@H]2COC(C)(C)O[C@H]2[C@H](OC(=O)/C(C)=C\C)[C@H]1O. The molecule has 3 rings (SSSR count). The molecule has 50 heavy (non-hydrogen) atoms. The molecular weight excluding hydrogens is 664 g/mol. The molecule has 0 radical (unpaired) electrons. The normalized spacial score (nSPS) is 34.0. The number of aliphatic hydroxyl groups is 1. The van der Waals surface area contributed by atoms with Crippen molar-refractivity contribution >= 4 is 20.3 Å². The van der Waals surface area contributed by atoms with Crippen LogP contribution in [0.2, 0.25) is 18.1 Å². The fourth-order valence-corrected chi connectivity index (χ4v) is 7.32. The molecule has 3 saturated heterocycles. The zero-order chi connectivity index (χ0) is 37.6. The molecule has 12 nitrogen and oxygen atoms in total. The Morgan fingerprint density at radius 3 is 2.30 bits per heavy atom. The van der Waals surface area contributed by atoms with E-state index in [9.17, 15) is 14.7 Å². The molecular formula is C37H64O12Si. The van der Waals surface area contributed by atoms with Crippen LogP contribution < -0.4 is 0 Å². The van der Waals surface area contributed by atoms with E-state index in [4.69, 9.17) is 42.3 Å². The molecule has 0 saturated carbocycles. The highest BCUT2D eigenvalue weighted by Gasteiger charge is 2.57. The molecule has 1 N–H and O–H groups in total. The molecule has 0 aromatic rings. The predicted octanol–water partition coefficient (Wildman–Crippen LogP) is 6.10. The number of hydrogen-bond acceptors (Lipinski definition) is 12. The van der Waals surface area contributed by atoms with Gasteiger partial charge in [0.1, 0.15) is 30.5 Å². The molecule has 0 bridgehead atoms. The number of allylic oxidation sites excluding steroid dienone is 1. The van der Waals surface area contributed by atoms with E-state index >= 15 is 0 Å². The van der Waals surface area contributed by atoms with Gasteiger partial charge in [0.05, 0.1) is 18.8 Å². The maximum absolute atomic E-state index is 13.1. The molecule has 288 valence electrons. The van der Waals surface area contributed by atoms with Crippen molar-refractivity contribution in [3.8, 4) is 0 Å². The van der Waals surface area contributed by atoms with E-state index in [1.54, 1.807) is 33.8 Å². The molecule has 0 aliphatic carbocycles. The van der Waals surface area contributed by atoms with E-state index in [1.165, 1.54) is 6.92 Å². The summed E-state index contributed by atoms with van der Waals surface area (Å²) in [6, 6.07) is 0. The van der Waals surface area contributed by atoms with Crippen LogP contribution in [0.15, 0.2) is 24.3 Å². The van der Waals surface area contributed by atoms with Crippen molar-refractivity contribution in [1.82, 2.24) is 0 Å². The second-order valence-electron chi connectivity index (χ2n) is 15.7. The first kappa shape index (κ1) is 42.7. The molecule has 0 aromatic carbocycles. The number of carbonyl (C=O) groups excluding carboxylic acids is 2. The second-order valence-corrected chi connectivity index (χ2v) is 20.4. The molecule has 3 fully saturated rings. The van der Waals surface area contributed by atoms with Gasteiger partial charge in [-0.15, -0.1) is 6.58 Å². The van der Waals surface area contributed by atoms with Crippen LogP contribution in [0.3, 0.4) is 0 Å². The van der Waals surface area contributed by atoms with Gasteiger partial charge in [-0.1, -0.05) is 59.1 Å². The van der Waals surface area contributed by atoms with Gasteiger partial charge >= 0.3 is 11.9 Å². The Morgan fingerprint density at radius 2 is 1.72 bits per heavy atom. The Balaban J connectivity index is 2.09. The van der Waals surface area contributed by atoms with Gasteiger partial charge in [-0.3, -0.25) is 4.79 Å². The van der Waals surface area contributed by atoms with Crippen LogP contribution in [-0.2, 0) is 51.9 Å². The third-order valence-electron chi connectivity index (χ3n) is 10.1. The molecule has 1 unspecified atom stereocenters. The minimum absolute atomic E-state index is 0.0951. The van der Waals surface area contributed by atoms with Crippen LogP contribution in [0.25, 0.3) is 0 Å². The van der Waals surface area contributed by atoms with E-state index in [2.05, 4.69) is 47.4 Å². The van der Waals surface area contributed by atoms with Gasteiger partial charge < -0.3 is 47.4 Å². The minimum atomic E-state index is -2.56. The number of carbonyl (C=O) groups is 2. The first-order valence-electron chi connectivity index (χ1n) is 18.2. The monoisotopic (exact) mass is 728 g/mol. The number of hydrogen-bond donors (Lipinski definition) is 1. The van der Waals surface area contributed by atoms with Gasteiger partial charge in [0.15, 0.2) is 38.9 Å². The van der Waals surface area contributed by atoms with Crippen LogP contribution >= 0.6 is 0 Å². The van der Waals surface area contributed by atoms with Crippen molar-refractivity contribution in [2.75, 3.05) is 6.61 Å². The largest absolute Gasteiger partial charge is 0.457 e. The van der Waals surface area contributed by atoms with E-state index in [0.29, 0.717) is 12.0 Å². The molecule has 0 amide bonds. The van der Waals surface area contributed by atoms with Gasteiger partial charge in [-0.2, -0.15) is 0 Å². The topological polar surface area (TPSA) is 137 Å². The zero-order valence-corrected chi connectivity index (χ0v) is 33.4. The molecule has 0 aromatic heterocycles. The Hall–Kier alpha value is -1.68. The summed E-state index contributed by atoms with van der Waals surface area (Å²) in [6.45, 7) is 26.7. The van der Waals surface area contributed by atoms with Crippen LogP contribution in [0.4, 0.5) is 0 Å². The molecule has 11 atom stereocenters. The smallest absolute Gasteiger partial charge is 0.333 e. The highest BCUT2D eigenvalue weighted by Crippen LogP contribution is 2.42. The molecule has 3 aliphatic rings. The Bertz CT molecular complexity index is 1170. The lowest BCUT2D eigenvalue weighted by atomic mass is 9.96. The number of rotatable bonds is 15. The highest BCUT2D eigenvalue weighted by atomic mass is 28.4. The van der Waals surface area contributed by atoms with Crippen molar-refractivity contribution in [2.45, 2.75) is 193 Å². The van der Waals surface area contributed by atoms with Crippen molar-refractivity contribution in [2.24, 2.45) is 0 Å². The summed E-state index contributed by atoms with van der Waals surface area (Å²) in [7, 11) is -2.56. The standard InChI is InChI=1S/C37H64O12Si/c1-14-17-18-20-25(19-15-2)44-35-32(31(49-50(12,13)36(7,8)9)28(23(5)42-35)43-24(6)38)47-34-27(39)30(46-33(40)22(4)16-3)29-26(45-34)21-41-37(10,11)48-29/h15-16,23,25-32,34-35,39H,2,14,17-21H2,1,3-13H3/b22-16-/t23-,25?,26-,27-,28+,29-,30-,31+,32-,34+,35+/m1/s1. The molecule has 0 spiro atoms. The van der Waals surface area contributed by atoms with E-state index in [1.807, 2.05) is 13.0 Å². The number of ether oxygens (including phenoxy) is 8. The lowest BCUT2D eigenvalue weighted by molar-refractivity contribution is -0.402. The maximum Gasteiger partial charge on any atom is 0.333 e. The Morgan fingerprint density at radius 1 is 1.04 bits per heavy atom. The zero-order valence-electron chi connectivity index (χ0n) is 32.4. The van der Waals surface area contributed by atoms with E-state index in [-0.39, 0.29) is 17.7 Å². The minimum Gasteiger partial charge on any atom is -0.457 e. The summed E-state index contributed by atoms with van der Waals surface area (Å²) >= 11 is 0. The third-order valence-corrected chi connectivity index (χ3v) is 14.5. The van der Waals surface area contributed by atoms with Gasteiger partial charge in [0.2, 0.25) is 0 Å². The lowest BCUT2D eigenvalue weighted by Crippen LogP contribution is -2.68. The van der Waals surface area contributed by atoms with Crippen molar-refractivity contribution in [3.63, 3.8) is 0 Å². The van der Waals surface area contributed by atoms with Crippen molar-refractivity contribution in [1.29, 1.82) is 0 Å². The van der Waals surface area contributed by atoms with E-state index in [0.717, 1.165) is 25.7 Å². The number of esters is 2. The van der Waals surface area contributed by atoms with Crippen molar-refractivity contribution in [3.05, 3.63) is 24.3 Å². The van der Waals surface area contributed by atoms with Crippen LogP contribution in [0.1, 0.15) is 101 Å². The highest BCUT2D eigenvalue weighted by molar-refractivity contribution is 6.74. The number of aliphatic hydroxyl groups excluding tert-OH is 1. The van der Waals surface area contributed by atoms with Crippen LogP contribution in [0, 0.1) is 0 Å². The molecule has 13 heteroatoms. The van der Waals surface area contributed by atoms with Gasteiger partial charge in [-0.05, 0) is 65.6 Å². The predicted molar refractivity (Wildman–Crippen MR) is 190 cm³/mol. The Labute approximate surface area is 300 Å². The van der Waals surface area contributed by atoms with Crippen LogP contribution in [-0.4, -0.2) is 105 Å². The Kier molecular flexibility index (Phi) is 15.3. The summed E-state index contributed by atoms with van der Waals surface area (Å²) in [4.78, 5) is 25.6. The van der Waals surface area contributed by atoms with Gasteiger partial charge in [-0.25, -0.2) is 4.79 Å². The fourth-order valence-electron chi connectivity index (χ4n) is 6.02. The van der Waals surface area contributed by atoms with E-state index < -0.39 is 87.5 Å². The maximum atomic E-state index is 13.1. The summed E-state index contributed by atoms with van der Waals surface area (Å²) in [5, 5.41) is 11.7. The van der Waals surface area contributed by atoms with Crippen molar-refractivity contribution < 1.29 is 57.0 Å². The second kappa shape index (κ2) is 17.9. The fraction of sp³-hybridized carbons (Fsp3) is 0.838. The average Bonchev–Trinajstić information content (AvgIpc) is 3.01. The van der Waals surface area contributed by atoms with Crippen LogP contribution in [0.5, 0.6) is 0 Å². The third kappa shape index (κ3) is 10.9. The summed E-state index contributed by atoms with van der Waals surface area (Å²) < 4.78 is 57.1. The number of fused-ring (bicyclic) bond motifs is 1. The average molecular weight is 729 g/mol. The quantitative estimate of drug-likeness (QED) is 0.0686. The summed E-state index contributed by atoms with van der Waals surface area (Å²) in [5.41, 5.74) is 0.371.